The van der Waals surface area contributed by atoms with Gasteiger partial charge in [-0.15, -0.1) is 0 Å². The van der Waals surface area contributed by atoms with E-state index in [1.807, 2.05) is 0 Å². The van der Waals surface area contributed by atoms with Gasteiger partial charge in [-0.3, -0.25) is 9.59 Å². The third kappa shape index (κ3) is 240. The zero-order valence-corrected chi connectivity index (χ0v) is 12.8. The minimum absolute atomic E-state index is 0. The summed E-state index contributed by atoms with van der Waals surface area (Å²) in [5.41, 5.74) is 0. The van der Waals surface area contributed by atoms with Crippen molar-refractivity contribution in [2.45, 2.75) is 13.8 Å². The Balaban J connectivity index is -0.00000000600. The zero-order valence-electron chi connectivity index (χ0n) is 10.1. The van der Waals surface area contributed by atoms with Crippen LogP contribution in [0.25, 0.3) is 0 Å². The van der Waals surface area contributed by atoms with Gasteiger partial charge >= 0.3 is 86.6 Å². The number of rotatable bonds is 0. The van der Waals surface area contributed by atoms with E-state index >= 15 is 0 Å². The van der Waals surface area contributed by atoms with E-state index in [0.29, 0.717) is 0 Å². The van der Waals surface area contributed by atoms with E-state index in [-0.39, 0.29) is 92.3 Å². The molecule has 0 fully saturated rings. The molecular weight excluding hydrogens is 289 g/mol. The van der Waals surface area contributed by atoms with Gasteiger partial charge in [-0.05, 0) is 0 Å². The molecule has 0 aromatic rings. The molecule has 0 rings (SSSR count). The van der Waals surface area contributed by atoms with E-state index < -0.39 is 11.9 Å². The summed E-state index contributed by atoms with van der Waals surface area (Å²) < 4.78 is 0. The number of aliphatic carboxylic acids is 2. The molecule has 0 aliphatic heterocycles. The van der Waals surface area contributed by atoms with E-state index in [0.717, 1.165) is 13.8 Å². The summed E-state index contributed by atoms with van der Waals surface area (Å²) >= 11 is 0. The fraction of sp³-hybridized carbons (Fsp3) is 0.500. The molecule has 0 aliphatic rings. The van der Waals surface area contributed by atoms with Gasteiger partial charge in [-0.2, -0.15) is 0 Å². The molecule has 0 atom stereocenters. The second-order valence-electron chi connectivity index (χ2n) is 1.04. The van der Waals surface area contributed by atoms with Gasteiger partial charge in [0.1, 0.15) is 0 Å². The normalized spacial score (nSPS) is 5.00. The van der Waals surface area contributed by atoms with Gasteiger partial charge in [0.05, 0.1) is 0 Å². The van der Waals surface area contributed by atoms with Gasteiger partial charge < -0.3 is 15.9 Å². The SMILES string of the molecule is CC(=O)O.CC(=O)O.[Ba+2].[Ca+2].[H-].[H-].[H-].[H-]. The van der Waals surface area contributed by atoms with Crippen molar-refractivity contribution in [2.24, 2.45) is 0 Å². The van der Waals surface area contributed by atoms with Crippen molar-refractivity contribution in [3.8, 4) is 0 Å². The molecule has 0 heterocycles. The molecule has 0 saturated carbocycles. The summed E-state index contributed by atoms with van der Waals surface area (Å²) in [6.45, 7) is 2.17. The average Bonchev–Trinajstić information content (AvgIpc) is 1.25. The van der Waals surface area contributed by atoms with Crippen LogP contribution in [0.1, 0.15) is 19.6 Å². The van der Waals surface area contributed by atoms with E-state index in [4.69, 9.17) is 19.8 Å². The third-order valence-electron chi connectivity index (χ3n) is 0. The number of carboxylic acid groups (broad SMARTS) is 2. The quantitative estimate of drug-likeness (QED) is 0.611. The van der Waals surface area contributed by atoms with Crippen molar-refractivity contribution in [3.05, 3.63) is 0 Å². The van der Waals surface area contributed by atoms with Crippen molar-refractivity contribution < 1.29 is 25.5 Å². The van der Waals surface area contributed by atoms with Crippen LogP contribution in [0.2, 0.25) is 0 Å². The van der Waals surface area contributed by atoms with Crippen molar-refractivity contribution in [1.29, 1.82) is 0 Å². The molecule has 0 aromatic heterocycles. The standard InChI is InChI=1S/2C2H4O2.Ba.Ca.4H/c2*1-2(3)4;;;;;;/h2*1H3,(H,3,4);;;;;;/q;;2*+2;4*-1. The predicted molar refractivity (Wildman–Crippen MR) is 42.6 cm³/mol. The molecule has 10 heavy (non-hydrogen) atoms. The molecule has 0 unspecified atom stereocenters. The second kappa shape index (κ2) is 17.0. The third-order valence-corrected chi connectivity index (χ3v) is 0. The monoisotopic (exact) mass is 302 g/mol. The topological polar surface area (TPSA) is 74.6 Å². The van der Waals surface area contributed by atoms with Crippen LogP contribution in [0, 0.1) is 0 Å². The molecule has 0 bridgehead atoms. The Hall–Kier alpha value is 1.77. The van der Waals surface area contributed by atoms with Gasteiger partial charge in [-0.25, -0.2) is 0 Å². The second-order valence-corrected chi connectivity index (χ2v) is 1.04. The maximum Gasteiger partial charge on any atom is 2.00 e. The van der Waals surface area contributed by atoms with Crippen molar-refractivity contribution >= 4 is 98.6 Å². The summed E-state index contributed by atoms with van der Waals surface area (Å²) in [7, 11) is 0. The van der Waals surface area contributed by atoms with Gasteiger partial charge in [0.15, 0.2) is 0 Å². The Morgan fingerprint density at radius 1 is 1.10 bits per heavy atom. The Morgan fingerprint density at radius 3 is 1.10 bits per heavy atom. The minimum Gasteiger partial charge on any atom is -1.00 e. The van der Waals surface area contributed by atoms with E-state index in [9.17, 15) is 0 Å². The molecule has 0 aromatic carbocycles. The van der Waals surface area contributed by atoms with Crippen LogP contribution in [0.5, 0.6) is 0 Å². The molecule has 0 amide bonds. The first-order chi connectivity index (χ1) is 3.46. The van der Waals surface area contributed by atoms with Crippen LogP contribution in [0.3, 0.4) is 0 Å². The molecule has 0 saturated heterocycles. The molecule has 6 heteroatoms. The fourth-order valence-electron chi connectivity index (χ4n) is 0. The summed E-state index contributed by atoms with van der Waals surface area (Å²) in [5.74, 6) is -1.67. The first-order valence-electron chi connectivity index (χ1n) is 1.86. The van der Waals surface area contributed by atoms with Crippen molar-refractivity contribution in [3.63, 3.8) is 0 Å². The first-order valence-corrected chi connectivity index (χ1v) is 1.86. The van der Waals surface area contributed by atoms with E-state index in [1.165, 1.54) is 0 Å². The van der Waals surface area contributed by atoms with Gasteiger partial charge in [0, 0.05) is 13.8 Å². The van der Waals surface area contributed by atoms with Crippen LogP contribution >= 0.6 is 0 Å². The van der Waals surface area contributed by atoms with Gasteiger partial charge in [-0.1, -0.05) is 0 Å². The summed E-state index contributed by atoms with van der Waals surface area (Å²) in [6, 6.07) is 0. The Bertz CT molecular complexity index is 87.3. The average molecular weight is 302 g/mol. The molecular formula is C4H12BaCaO4. The van der Waals surface area contributed by atoms with Crippen LogP contribution in [0.4, 0.5) is 0 Å². The number of carbonyl (C=O) groups is 2. The first kappa shape index (κ1) is 22.6. The Kier molecular flexibility index (Phi) is 38.5. The molecule has 56 valence electrons. The summed E-state index contributed by atoms with van der Waals surface area (Å²) in [5, 5.41) is 14.8. The predicted octanol–water partition coefficient (Wildman–Crippen LogP) is -0.130. The minimum atomic E-state index is -0.833. The van der Waals surface area contributed by atoms with Crippen molar-refractivity contribution in [2.75, 3.05) is 0 Å². The van der Waals surface area contributed by atoms with Gasteiger partial charge in [0.25, 0.3) is 11.9 Å². The van der Waals surface area contributed by atoms with E-state index in [2.05, 4.69) is 0 Å². The summed E-state index contributed by atoms with van der Waals surface area (Å²) in [6.07, 6.45) is 0. The molecule has 0 radical (unpaired) electrons. The van der Waals surface area contributed by atoms with Crippen LogP contribution in [-0.4, -0.2) is 109 Å². The van der Waals surface area contributed by atoms with Crippen LogP contribution < -0.4 is 0 Å². The largest absolute Gasteiger partial charge is 2.00 e. The van der Waals surface area contributed by atoms with Gasteiger partial charge in [0.2, 0.25) is 0 Å². The Labute approximate surface area is 135 Å². The number of hydrogen-bond donors (Lipinski definition) is 2. The molecule has 4 nitrogen and oxygen atoms in total. The van der Waals surface area contributed by atoms with Crippen molar-refractivity contribution in [1.82, 2.24) is 0 Å². The van der Waals surface area contributed by atoms with E-state index in [1.54, 1.807) is 0 Å². The fourth-order valence-corrected chi connectivity index (χ4v) is 0. The molecule has 0 spiro atoms. The maximum atomic E-state index is 9.00. The number of carboxylic acids is 2. The molecule has 0 aliphatic carbocycles. The van der Waals surface area contributed by atoms with Crippen LogP contribution in [0.15, 0.2) is 0 Å². The maximum absolute atomic E-state index is 9.00. The number of hydrogen-bond acceptors (Lipinski definition) is 2. The Morgan fingerprint density at radius 2 is 1.10 bits per heavy atom. The summed E-state index contributed by atoms with van der Waals surface area (Å²) in [4.78, 5) is 18.0. The zero-order chi connectivity index (χ0) is 7.15. The molecule has 2 N–H and O–H groups in total. The smallest absolute Gasteiger partial charge is 1.00 e. The van der Waals surface area contributed by atoms with Crippen LogP contribution in [-0.2, 0) is 9.59 Å².